The lowest BCUT2D eigenvalue weighted by atomic mass is 10.2. The number of fused-ring (bicyclic) bond motifs is 1. The summed E-state index contributed by atoms with van der Waals surface area (Å²) in [6.45, 7) is 3.08. The Labute approximate surface area is 87.3 Å². The van der Waals surface area contributed by atoms with Crippen molar-refractivity contribution in [3.63, 3.8) is 0 Å². The second-order valence-electron chi connectivity index (χ2n) is 3.08. The molecule has 2 rings (SSSR count). The molecule has 0 aromatic carbocycles. The van der Waals surface area contributed by atoms with Crippen LogP contribution < -0.4 is 5.73 Å². The number of nitrogens with two attached hydrogens (primary N) is 1. The van der Waals surface area contributed by atoms with Crippen LogP contribution in [0.5, 0.6) is 0 Å². The van der Waals surface area contributed by atoms with Gasteiger partial charge in [0.2, 0.25) is 0 Å². The lowest BCUT2D eigenvalue weighted by Gasteiger charge is -2.05. The predicted molar refractivity (Wildman–Crippen MR) is 56.8 cm³/mol. The van der Waals surface area contributed by atoms with Gasteiger partial charge in [-0.15, -0.1) is 0 Å². The van der Waals surface area contributed by atoms with E-state index in [1.165, 1.54) is 0 Å². The third-order valence-corrected chi connectivity index (χ3v) is 3.06. The van der Waals surface area contributed by atoms with Gasteiger partial charge >= 0.3 is 0 Å². The summed E-state index contributed by atoms with van der Waals surface area (Å²) in [5.41, 5.74) is 8.01. The Morgan fingerprint density at radius 1 is 1.43 bits per heavy atom. The molecule has 2 heterocycles. The first-order chi connectivity index (χ1) is 6.81. The maximum Gasteiger partial charge on any atom is 0.156 e. The highest BCUT2D eigenvalue weighted by Gasteiger charge is 2.17. The maximum atomic E-state index is 5.82. The topological polar surface area (TPSA) is 61.0 Å². The Balaban J connectivity index is 2.23. The molecule has 0 amide bonds. The van der Waals surface area contributed by atoms with Crippen LogP contribution in [0.3, 0.4) is 0 Å². The van der Waals surface area contributed by atoms with Crippen molar-refractivity contribution in [1.82, 2.24) is 9.97 Å². The van der Waals surface area contributed by atoms with Crippen LogP contribution in [0, 0.1) is 0 Å². The number of anilines is 1. The van der Waals surface area contributed by atoms with E-state index in [0.717, 1.165) is 22.8 Å². The molecule has 0 saturated carbocycles. The van der Waals surface area contributed by atoms with Crippen LogP contribution in [-0.2, 0) is 22.8 Å². The van der Waals surface area contributed by atoms with Gasteiger partial charge in [-0.1, -0.05) is 0 Å². The maximum absolute atomic E-state index is 5.82. The molecule has 0 bridgehead atoms. The van der Waals surface area contributed by atoms with Gasteiger partial charge in [-0.3, -0.25) is 0 Å². The van der Waals surface area contributed by atoms with Crippen LogP contribution in [0.15, 0.2) is 0 Å². The lowest BCUT2D eigenvalue weighted by molar-refractivity contribution is 0.128. The van der Waals surface area contributed by atoms with Crippen LogP contribution >= 0.6 is 11.8 Å². The molecule has 1 aliphatic rings. The first-order valence-corrected chi connectivity index (χ1v) is 5.76. The summed E-state index contributed by atoms with van der Waals surface area (Å²) in [5, 5.41) is 0. The highest BCUT2D eigenvalue weighted by atomic mass is 32.2. The van der Waals surface area contributed by atoms with Crippen molar-refractivity contribution in [3.05, 3.63) is 17.1 Å². The minimum atomic E-state index is 0.457. The number of thioether (sulfide) groups is 1. The third-order valence-electron chi connectivity index (χ3n) is 2.09. The van der Waals surface area contributed by atoms with Gasteiger partial charge < -0.3 is 10.5 Å². The van der Waals surface area contributed by atoms with Crippen LogP contribution in [0.25, 0.3) is 0 Å². The van der Waals surface area contributed by atoms with Gasteiger partial charge in [0.15, 0.2) is 5.82 Å². The van der Waals surface area contributed by atoms with Gasteiger partial charge in [0, 0.05) is 23.7 Å². The van der Waals surface area contributed by atoms with Crippen molar-refractivity contribution in [2.24, 2.45) is 0 Å². The van der Waals surface area contributed by atoms with E-state index in [-0.39, 0.29) is 0 Å². The van der Waals surface area contributed by atoms with Crippen molar-refractivity contribution in [2.75, 3.05) is 12.3 Å². The van der Waals surface area contributed by atoms with Crippen LogP contribution in [0.1, 0.15) is 24.0 Å². The van der Waals surface area contributed by atoms with Gasteiger partial charge in [-0.05, 0) is 6.92 Å². The lowest BCUT2D eigenvalue weighted by Crippen LogP contribution is -2.06. The normalized spacial score (nSPS) is 14.4. The molecular formula is C9H13N3OS. The van der Waals surface area contributed by atoms with Crippen molar-refractivity contribution in [3.8, 4) is 0 Å². The molecule has 0 radical (unpaired) electrons. The average molecular weight is 211 g/mol. The van der Waals surface area contributed by atoms with Crippen molar-refractivity contribution >= 4 is 17.6 Å². The van der Waals surface area contributed by atoms with Crippen molar-refractivity contribution < 1.29 is 4.74 Å². The number of hydrogen-bond acceptors (Lipinski definition) is 5. The highest BCUT2D eigenvalue weighted by molar-refractivity contribution is 7.98. The number of rotatable bonds is 3. The first-order valence-electron chi connectivity index (χ1n) is 4.61. The summed E-state index contributed by atoms with van der Waals surface area (Å²) < 4.78 is 5.25. The molecule has 1 aromatic heterocycles. The van der Waals surface area contributed by atoms with Gasteiger partial charge in [-0.25, -0.2) is 9.97 Å². The molecule has 0 saturated heterocycles. The van der Waals surface area contributed by atoms with E-state index in [0.29, 0.717) is 24.9 Å². The van der Waals surface area contributed by atoms with Gasteiger partial charge in [0.05, 0.1) is 5.69 Å². The standard InChI is InChI=1S/C9H13N3OS/c1-2-13-3-8-11-7-5-14-4-6(7)9(10)12-8/h2-5H2,1H3,(H2,10,11,12). The number of nitrogens with zero attached hydrogens (tertiary/aromatic N) is 2. The van der Waals surface area contributed by atoms with Gasteiger partial charge in [-0.2, -0.15) is 11.8 Å². The third kappa shape index (κ3) is 1.83. The smallest absolute Gasteiger partial charge is 0.156 e. The fourth-order valence-electron chi connectivity index (χ4n) is 1.39. The van der Waals surface area contributed by atoms with Gasteiger partial charge in [0.25, 0.3) is 0 Å². The van der Waals surface area contributed by atoms with E-state index >= 15 is 0 Å². The molecule has 76 valence electrons. The second kappa shape index (κ2) is 4.14. The Morgan fingerprint density at radius 2 is 2.29 bits per heavy atom. The molecular weight excluding hydrogens is 198 g/mol. The van der Waals surface area contributed by atoms with Crippen LogP contribution in [-0.4, -0.2) is 16.6 Å². The molecule has 14 heavy (non-hydrogen) atoms. The molecule has 2 N–H and O–H groups in total. The zero-order chi connectivity index (χ0) is 9.97. The van der Waals surface area contributed by atoms with E-state index in [4.69, 9.17) is 10.5 Å². The molecule has 4 nitrogen and oxygen atoms in total. The highest BCUT2D eigenvalue weighted by Crippen LogP contribution is 2.31. The second-order valence-corrected chi connectivity index (χ2v) is 4.07. The Hall–Kier alpha value is -0.810. The molecule has 1 aromatic rings. The van der Waals surface area contributed by atoms with Crippen LogP contribution in [0.4, 0.5) is 5.82 Å². The Bertz CT molecular complexity index is 343. The fourth-order valence-corrected chi connectivity index (χ4v) is 2.44. The average Bonchev–Trinajstić information content (AvgIpc) is 2.63. The van der Waals surface area contributed by atoms with E-state index in [2.05, 4.69) is 9.97 Å². The molecule has 1 aliphatic heterocycles. The summed E-state index contributed by atoms with van der Waals surface area (Å²) in [6, 6.07) is 0. The first kappa shape index (κ1) is 9.73. The van der Waals surface area contributed by atoms with Gasteiger partial charge in [0.1, 0.15) is 12.4 Å². The van der Waals surface area contributed by atoms with E-state index < -0.39 is 0 Å². The van der Waals surface area contributed by atoms with Crippen LogP contribution in [0.2, 0.25) is 0 Å². The minimum Gasteiger partial charge on any atom is -0.383 e. The molecule has 0 unspecified atom stereocenters. The van der Waals surface area contributed by atoms with Crippen molar-refractivity contribution in [2.45, 2.75) is 25.0 Å². The fraction of sp³-hybridized carbons (Fsp3) is 0.556. The zero-order valence-corrected chi connectivity index (χ0v) is 8.93. The monoisotopic (exact) mass is 211 g/mol. The minimum absolute atomic E-state index is 0.457. The number of hydrogen-bond donors (Lipinski definition) is 1. The number of aromatic nitrogens is 2. The quantitative estimate of drug-likeness (QED) is 0.817. The summed E-state index contributed by atoms with van der Waals surface area (Å²) >= 11 is 1.83. The molecule has 0 fully saturated rings. The SMILES string of the molecule is CCOCc1nc(N)c2c(n1)CSC2. The molecule has 0 atom stereocenters. The van der Waals surface area contributed by atoms with E-state index in [1.807, 2.05) is 18.7 Å². The van der Waals surface area contributed by atoms with Crippen molar-refractivity contribution in [1.29, 1.82) is 0 Å². The summed E-state index contributed by atoms with van der Waals surface area (Å²) in [7, 11) is 0. The molecule has 0 spiro atoms. The molecule has 5 heteroatoms. The Kier molecular flexibility index (Phi) is 2.88. The largest absolute Gasteiger partial charge is 0.383 e. The summed E-state index contributed by atoms with van der Waals surface area (Å²) in [6.07, 6.45) is 0. The number of nitrogen functional groups attached to an aromatic ring is 1. The predicted octanol–water partition coefficient (Wildman–Crippen LogP) is 1.34. The Morgan fingerprint density at radius 3 is 3.07 bits per heavy atom. The summed E-state index contributed by atoms with van der Waals surface area (Å²) in [5.74, 6) is 3.21. The number of ether oxygens (including phenoxy) is 1. The summed E-state index contributed by atoms with van der Waals surface area (Å²) in [4.78, 5) is 8.63. The zero-order valence-electron chi connectivity index (χ0n) is 8.12. The van der Waals surface area contributed by atoms with E-state index in [9.17, 15) is 0 Å². The molecule has 0 aliphatic carbocycles. The van der Waals surface area contributed by atoms with E-state index in [1.54, 1.807) is 0 Å².